The number of carbonyl (C=O) groups excluding carboxylic acids is 1. The molecule has 0 aliphatic rings. The van der Waals surface area contributed by atoms with E-state index in [2.05, 4.69) is 28.2 Å². The summed E-state index contributed by atoms with van der Waals surface area (Å²) in [6.07, 6.45) is 1.30. The third-order valence-electron chi connectivity index (χ3n) is 4.33. The van der Waals surface area contributed by atoms with Crippen molar-refractivity contribution in [1.82, 2.24) is 4.57 Å². The van der Waals surface area contributed by atoms with Crippen LogP contribution in [0.2, 0.25) is 0 Å². The minimum absolute atomic E-state index is 0.0317. The van der Waals surface area contributed by atoms with Gasteiger partial charge in [-0.25, -0.2) is 4.99 Å². The van der Waals surface area contributed by atoms with Crippen LogP contribution in [0, 0.1) is 6.92 Å². The minimum Gasteiger partial charge on any atom is -0.326 e. The largest absolute Gasteiger partial charge is 0.326 e. The highest BCUT2D eigenvalue weighted by Crippen LogP contribution is 2.25. The van der Waals surface area contributed by atoms with E-state index in [-0.39, 0.29) is 5.91 Å². The first-order valence-corrected chi connectivity index (χ1v) is 10.5. The van der Waals surface area contributed by atoms with Gasteiger partial charge in [0.05, 0.1) is 12.1 Å². The van der Waals surface area contributed by atoms with Crippen LogP contribution >= 0.6 is 27.3 Å². The number of anilines is 1. The Balaban J connectivity index is 1.74. The highest BCUT2D eigenvalue weighted by Gasteiger charge is 2.09. The molecule has 0 atom stereocenters. The molecule has 6 heteroatoms. The molecule has 0 radical (unpaired) electrons. The third-order valence-corrected chi connectivity index (χ3v) is 5.93. The van der Waals surface area contributed by atoms with E-state index in [0.717, 1.165) is 32.8 Å². The van der Waals surface area contributed by atoms with Crippen molar-refractivity contribution in [3.8, 4) is 0 Å². The Morgan fingerprint density at radius 3 is 2.63 bits per heavy atom. The Bertz CT molecular complexity index is 1020. The molecule has 0 aliphatic heterocycles. The number of aromatic nitrogens is 1. The van der Waals surface area contributed by atoms with Crippen LogP contribution in [0.4, 0.5) is 11.4 Å². The fourth-order valence-corrected chi connectivity index (χ4v) is 4.15. The van der Waals surface area contributed by atoms with Gasteiger partial charge in [-0.3, -0.25) is 4.79 Å². The van der Waals surface area contributed by atoms with Gasteiger partial charge in [0.1, 0.15) is 0 Å². The van der Waals surface area contributed by atoms with E-state index in [1.807, 2.05) is 66.4 Å². The summed E-state index contributed by atoms with van der Waals surface area (Å²) in [5, 5.41) is 4.94. The Morgan fingerprint density at radius 2 is 1.96 bits per heavy atom. The maximum atomic E-state index is 12.4. The van der Waals surface area contributed by atoms with Crippen LogP contribution in [-0.4, -0.2) is 10.5 Å². The van der Waals surface area contributed by atoms with E-state index < -0.39 is 0 Å². The van der Waals surface area contributed by atoms with Gasteiger partial charge in [-0.05, 0) is 64.7 Å². The van der Waals surface area contributed by atoms with Gasteiger partial charge in [-0.2, -0.15) is 0 Å². The zero-order chi connectivity index (χ0) is 19.4. The molecule has 0 unspecified atom stereocenters. The van der Waals surface area contributed by atoms with Crippen LogP contribution in [0.3, 0.4) is 0 Å². The predicted octanol–water partition coefficient (Wildman–Crippen LogP) is 5.13. The van der Waals surface area contributed by atoms with Crippen molar-refractivity contribution in [3.05, 3.63) is 73.9 Å². The number of thiazole rings is 1. The molecule has 3 rings (SSSR count). The van der Waals surface area contributed by atoms with Crippen LogP contribution < -0.4 is 10.1 Å². The van der Waals surface area contributed by atoms with Crippen LogP contribution in [0.1, 0.15) is 23.7 Å². The summed E-state index contributed by atoms with van der Waals surface area (Å²) >= 11 is 5.09. The summed E-state index contributed by atoms with van der Waals surface area (Å²) < 4.78 is 2.93. The van der Waals surface area contributed by atoms with Gasteiger partial charge in [0.2, 0.25) is 5.91 Å². The summed E-state index contributed by atoms with van der Waals surface area (Å²) in [6.45, 7) is 4.16. The molecular weight excluding hydrogens is 422 g/mol. The van der Waals surface area contributed by atoms with Gasteiger partial charge in [0.15, 0.2) is 4.80 Å². The Labute approximate surface area is 171 Å². The van der Waals surface area contributed by atoms with Crippen molar-refractivity contribution in [1.29, 1.82) is 0 Å². The summed E-state index contributed by atoms with van der Waals surface area (Å²) in [5.74, 6) is -0.0317. The van der Waals surface area contributed by atoms with Crippen molar-refractivity contribution >= 4 is 44.5 Å². The van der Waals surface area contributed by atoms with Crippen molar-refractivity contribution in [2.75, 3.05) is 5.32 Å². The van der Waals surface area contributed by atoms with Gasteiger partial charge in [0, 0.05) is 28.3 Å². The second-order valence-corrected chi connectivity index (χ2v) is 8.10. The molecule has 140 valence electrons. The Hall–Kier alpha value is -2.18. The minimum atomic E-state index is -0.0317. The lowest BCUT2D eigenvalue weighted by molar-refractivity contribution is -0.115. The lowest BCUT2D eigenvalue weighted by Crippen LogP contribution is -2.19. The van der Waals surface area contributed by atoms with Gasteiger partial charge < -0.3 is 9.88 Å². The number of hydrogen-bond acceptors (Lipinski definition) is 3. The molecule has 2 aromatic carbocycles. The number of carbonyl (C=O) groups is 1. The van der Waals surface area contributed by atoms with Crippen LogP contribution in [0.5, 0.6) is 0 Å². The van der Waals surface area contributed by atoms with Gasteiger partial charge in [-0.15, -0.1) is 11.3 Å². The summed E-state index contributed by atoms with van der Waals surface area (Å²) in [6, 6.07) is 14.0. The van der Waals surface area contributed by atoms with Gasteiger partial charge in [0.25, 0.3) is 0 Å². The molecule has 3 aromatic rings. The first-order valence-electron chi connectivity index (χ1n) is 8.79. The van der Waals surface area contributed by atoms with E-state index in [9.17, 15) is 4.79 Å². The lowest BCUT2D eigenvalue weighted by atomic mass is 10.1. The molecule has 1 heterocycles. The molecule has 1 amide bonds. The van der Waals surface area contributed by atoms with E-state index >= 15 is 0 Å². The first kappa shape index (κ1) is 19.6. The lowest BCUT2D eigenvalue weighted by Gasteiger charge is -2.07. The van der Waals surface area contributed by atoms with Crippen LogP contribution in [0.25, 0.3) is 0 Å². The quantitative estimate of drug-likeness (QED) is 0.583. The van der Waals surface area contributed by atoms with Crippen LogP contribution in [0.15, 0.2) is 57.3 Å². The fourth-order valence-electron chi connectivity index (χ4n) is 2.66. The van der Waals surface area contributed by atoms with Crippen molar-refractivity contribution in [2.45, 2.75) is 26.7 Å². The third kappa shape index (κ3) is 4.96. The highest BCUT2D eigenvalue weighted by atomic mass is 79.9. The smallest absolute Gasteiger partial charge is 0.230 e. The van der Waals surface area contributed by atoms with Crippen molar-refractivity contribution in [3.63, 3.8) is 0 Å². The van der Waals surface area contributed by atoms with E-state index in [1.165, 1.54) is 22.5 Å². The van der Waals surface area contributed by atoms with Crippen LogP contribution in [-0.2, 0) is 24.7 Å². The van der Waals surface area contributed by atoms with E-state index in [0.29, 0.717) is 6.42 Å². The summed E-state index contributed by atoms with van der Waals surface area (Å²) in [4.78, 5) is 18.0. The molecule has 0 spiro atoms. The summed E-state index contributed by atoms with van der Waals surface area (Å²) in [7, 11) is 1.94. The number of amides is 1. The highest BCUT2D eigenvalue weighted by molar-refractivity contribution is 9.10. The predicted molar refractivity (Wildman–Crippen MR) is 116 cm³/mol. The van der Waals surface area contributed by atoms with Gasteiger partial charge >= 0.3 is 0 Å². The van der Waals surface area contributed by atoms with E-state index in [1.54, 1.807) is 0 Å². The standard InChI is InChI=1S/C21H22BrN3OS/c1-4-15-6-8-16(9-7-15)23-20(26)12-17-13-27-21(25(17)3)24-19-10-5-14(2)11-18(19)22/h5-11,13H,4,12H2,1-3H3,(H,23,26). The van der Waals surface area contributed by atoms with Crippen molar-refractivity contribution < 1.29 is 4.79 Å². The molecule has 0 aliphatic carbocycles. The molecule has 4 nitrogen and oxygen atoms in total. The Morgan fingerprint density at radius 1 is 1.22 bits per heavy atom. The number of nitrogens with one attached hydrogen (secondary N) is 1. The number of halogens is 1. The molecule has 0 saturated heterocycles. The van der Waals surface area contributed by atoms with Gasteiger partial charge in [-0.1, -0.05) is 25.1 Å². The molecule has 0 bridgehead atoms. The maximum Gasteiger partial charge on any atom is 0.230 e. The zero-order valence-electron chi connectivity index (χ0n) is 15.6. The fraction of sp³-hybridized carbons (Fsp3) is 0.238. The normalized spacial score (nSPS) is 11.6. The molecule has 1 aromatic heterocycles. The first-order chi connectivity index (χ1) is 13.0. The monoisotopic (exact) mass is 443 g/mol. The maximum absolute atomic E-state index is 12.4. The summed E-state index contributed by atoms with van der Waals surface area (Å²) in [5.41, 5.74) is 5.07. The zero-order valence-corrected chi connectivity index (χ0v) is 18.0. The molecule has 0 fully saturated rings. The number of rotatable bonds is 5. The molecular formula is C21H22BrN3OS. The second kappa shape index (κ2) is 8.67. The SMILES string of the molecule is CCc1ccc(NC(=O)Cc2csc(=Nc3ccc(C)cc3Br)n2C)cc1. The molecule has 0 saturated carbocycles. The number of benzene rings is 2. The van der Waals surface area contributed by atoms with E-state index in [4.69, 9.17) is 4.99 Å². The topological polar surface area (TPSA) is 46.4 Å². The second-order valence-electron chi connectivity index (χ2n) is 6.41. The Kier molecular flexibility index (Phi) is 6.29. The van der Waals surface area contributed by atoms with Crippen molar-refractivity contribution in [2.24, 2.45) is 12.0 Å². The average molecular weight is 444 g/mol. The molecule has 27 heavy (non-hydrogen) atoms. The number of aryl methyl sites for hydroxylation is 2. The molecule has 1 N–H and O–H groups in total. The number of hydrogen-bond donors (Lipinski definition) is 1. The number of nitrogens with zero attached hydrogens (tertiary/aromatic N) is 2. The average Bonchev–Trinajstić information content (AvgIpc) is 2.98.